The first-order chi connectivity index (χ1) is 10.7. The maximum absolute atomic E-state index is 10.8. The van der Waals surface area contributed by atoms with Crippen molar-refractivity contribution in [2.45, 2.75) is 6.42 Å². The largest absolute Gasteiger partial charge is 0.490 e. The molecule has 0 aliphatic rings. The van der Waals surface area contributed by atoms with E-state index in [1.165, 1.54) is 13.2 Å². The van der Waals surface area contributed by atoms with Crippen LogP contribution in [0.3, 0.4) is 0 Å². The van der Waals surface area contributed by atoms with Crippen molar-refractivity contribution in [2.24, 2.45) is 0 Å². The van der Waals surface area contributed by atoms with Crippen LogP contribution in [0, 0.1) is 10.1 Å². The molecule has 0 fully saturated rings. The number of benzene rings is 2. The van der Waals surface area contributed by atoms with Gasteiger partial charge >= 0.3 is 5.69 Å². The molecule has 0 saturated heterocycles. The quantitative estimate of drug-likeness (QED) is 0.443. The van der Waals surface area contributed by atoms with Gasteiger partial charge in [0.25, 0.3) is 0 Å². The second kappa shape index (κ2) is 7.87. The molecule has 0 amide bonds. The monoisotopic (exact) mass is 301 g/mol. The van der Waals surface area contributed by atoms with E-state index >= 15 is 0 Å². The SMILES string of the molecule is COc1cc(NCCCNc2ccccc2)ccc1[N+](=O)[O-]. The van der Waals surface area contributed by atoms with Crippen LogP contribution in [0.4, 0.5) is 17.1 Å². The predicted octanol–water partition coefficient (Wildman–Crippen LogP) is 3.52. The third kappa shape index (κ3) is 4.37. The molecule has 0 radical (unpaired) electrons. The minimum absolute atomic E-state index is 0.0289. The number of methoxy groups -OCH3 is 1. The highest BCUT2D eigenvalue weighted by Gasteiger charge is 2.14. The first kappa shape index (κ1) is 15.6. The van der Waals surface area contributed by atoms with Crippen LogP contribution < -0.4 is 15.4 Å². The molecule has 2 aromatic carbocycles. The topological polar surface area (TPSA) is 76.4 Å². The van der Waals surface area contributed by atoms with Crippen LogP contribution in [0.15, 0.2) is 48.5 Å². The van der Waals surface area contributed by atoms with Gasteiger partial charge in [0.2, 0.25) is 0 Å². The van der Waals surface area contributed by atoms with Crippen LogP contribution in [0.25, 0.3) is 0 Å². The molecule has 116 valence electrons. The number of hydrogen-bond donors (Lipinski definition) is 2. The molecule has 0 heterocycles. The van der Waals surface area contributed by atoms with Gasteiger partial charge in [-0.15, -0.1) is 0 Å². The summed E-state index contributed by atoms with van der Waals surface area (Å²) in [5.74, 6) is 0.261. The van der Waals surface area contributed by atoms with Gasteiger partial charge in [-0.2, -0.15) is 0 Å². The zero-order valence-electron chi connectivity index (χ0n) is 12.4. The molecule has 0 aliphatic carbocycles. The summed E-state index contributed by atoms with van der Waals surface area (Å²) in [7, 11) is 1.43. The Labute approximate surface area is 129 Å². The van der Waals surface area contributed by atoms with Crippen molar-refractivity contribution in [3.63, 3.8) is 0 Å². The fourth-order valence-electron chi connectivity index (χ4n) is 2.05. The lowest BCUT2D eigenvalue weighted by molar-refractivity contribution is -0.385. The van der Waals surface area contributed by atoms with Crippen LogP contribution in [-0.4, -0.2) is 25.1 Å². The second-order valence-corrected chi connectivity index (χ2v) is 4.72. The third-order valence-electron chi connectivity index (χ3n) is 3.16. The summed E-state index contributed by atoms with van der Waals surface area (Å²) < 4.78 is 5.04. The van der Waals surface area contributed by atoms with E-state index in [0.717, 1.165) is 30.9 Å². The smallest absolute Gasteiger partial charge is 0.311 e. The Balaban J connectivity index is 1.78. The Kier molecular flexibility index (Phi) is 5.59. The maximum Gasteiger partial charge on any atom is 0.311 e. The summed E-state index contributed by atoms with van der Waals surface area (Å²) in [6, 6.07) is 14.8. The van der Waals surface area contributed by atoms with Gasteiger partial charge in [-0.25, -0.2) is 0 Å². The highest BCUT2D eigenvalue weighted by atomic mass is 16.6. The number of nitro groups is 1. The number of nitrogens with zero attached hydrogens (tertiary/aromatic N) is 1. The summed E-state index contributed by atoms with van der Waals surface area (Å²) in [5, 5.41) is 17.4. The van der Waals surface area contributed by atoms with Gasteiger partial charge < -0.3 is 15.4 Å². The molecular formula is C16H19N3O3. The number of rotatable bonds is 8. The average Bonchev–Trinajstić information content (AvgIpc) is 2.55. The van der Waals surface area contributed by atoms with Crippen molar-refractivity contribution in [3.8, 4) is 5.75 Å². The number of anilines is 2. The first-order valence-electron chi connectivity index (χ1n) is 7.06. The number of hydrogen-bond acceptors (Lipinski definition) is 5. The van der Waals surface area contributed by atoms with E-state index in [2.05, 4.69) is 10.6 Å². The van der Waals surface area contributed by atoms with E-state index in [4.69, 9.17) is 4.74 Å². The first-order valence-corrected chi connectivity index (χ1v) is 7.06. The highest BCUT2D eigenvalue weighted by Crippen LogP contribution is 2.29. The van der Waals surface area contributed by atoms with Gasteiger partial charge in [0.15, 0.2) is 5.75 Å². The van der Waals surface area contributed by atoms with E-state index in [1.807, 2.05) is 30.3 Å². The van der Waals surface area contributed by atoms with Gasteiger partial charge in [0.05, 0.1) is 12.0 Å². The average molecular weight is 301 g/mol. The highest BCUT2D eigenvalue weighted by molar-refractivity contribution is 5.57. The Bertz CT molecular complexity index is 617. The van der Waals surface area contributed by atoms with E-state index < -0.39 is 4.92 Å². The minimum atomic E-state index is -0.452. The molecule has 0 aromatic heterocycles. The normalized spacial score (nSPS) is 10.0. The molecule has 0 bridgehead atoms. The van der Waals surface area contributed by atoms with Gasteiger partial charge in [0.1, 0.15) is 0 Å². The Morgan fingerprint density at radius 2 is 1.73 bits per heavy atom. The fraction of sp³-hybridized carbons (Fsp3) is 0.250. The lowest BCUT2D eigenvalue weighted by Crippen LogP contribution is -2.09. The maximum atomic E-state index is 10.8. The zero-order chi connectivity index (χ0) is 15.8. The Hall–Kier alpha value is -2.76. The molecular weight excluding hydrogens is 282 g/mol. The van der Waals surface area contributed by atoms with Crippen molar-refractivity contribution >= 4 is 17.1 Å². The van der Waals surface area contributed by atoms with E-state index in [0.29, 0.717) is 0 Å². The fourth-order valence-corrected chi connectivity index (χ4v) is 2.05. The minimum Gasteiger partial charge on any atom is -0.490 e. The summed E-state index contributed by atoms with van der Waals surface area (Å²) in [4.78, 5) is 10.4. The molecule has 2 N–H and O–H groups in total. The predicted molar refractivity (Wildman–Crippen MR) is 87.7 cm³/mol. The molecule has 0 unspecified atom stereocenters. The van der Waals surface area contributed by atoms with E-state index in [9.17, 15) is 10.1 Å². The van der Waals surface area contributed by atoms with Crippen LogP contribution in [0.1, 0.15) is 6.42 Å². The summed E-state index contributed by atoms with van der Waals surface area (Å²) in [6.07, 6.45) is 0.925. The second-order valence-electron chi connectivity index (χ2n) is 4.72. The molecule has 2 rings (SSSR count). The third-order valence-corrected chi connectivity index (χ3v) is 3.16. The lowest BCUT2D eigenvalue weighted by atomic mass is 10.2. The van der Waals surface area contributed by atoms with Gasteiger partial charge in [0, 0.05) is 36.6 Å². The van der Waals surface area contributed by atoms with Crippen molar-refractivity contribution in [3.05, 3.63) is 58.6 Å². The standard InChI is InChI=1S/C16H19N3O3/c1-22-16-12-14(8-9-15(16)19(20)21)18-11-5-10-17-13-6-3-2-4-7-13/h2-4,6-9,12,17-18H,5,10-11H2,1H3. The van der Waals surface area contributed by atoms with Crippen LogP contribution in [-0.2, 0) is 0 Å². The van der Waals surface area contributed by atoms with Crippen molar-refractivity contribution in [1.29, 1.82) is 0 Å². The molecule has 0 atom stereocenters. The number of para-hydroxylation sites is 1. The molecule has 0 aliphatic heterocycles. The summed E-state index contributed by atoms with van der Waals surface area (Å²) >= 11 is 0. The Morgan fingerprint density at radius 1 is 1.05 bits per heavy atom. The zero-order valence-corrected chi connectivity index (χ0v) is 12.4. The lowest BCUT2D eigenvalue weighted by Gasteiger charge is -2.09. The molecule has 6 nitrogen and oxygen atoms in total. The van der Waals surface area contributed by atoms with Crippen molar-refractivity contribution in [1.82, 2.24) is 0 Å². The summed E-state index contributed by atoms with van der Waals surface area (Å²) in [6.45, 7) is 1.61. The number of ether oxygens (including phenoxy) is 1. The van der Waals surface area contributed by atoms with E-state index in [-0.39, 0.29) is 11.4 Å². The van der Waals surface area contributed by atoms with E-state index in [1.54, 1.807) is 12.1 Å². The van der Waals surface area contributed by atoms with Crippen LogP contribution in [0.2, 0.25) is 0 Å². The van der Waals surface area contributed by atoms with Gasteiger partial charge in [-0.05, 0) is 24.6 Å². The molecule has 22 heavy (non-hydrogen) atoms. The number of nitro benzene ring substituents is 1. The molecule has 0 spiro atoms. The molecule has 0 saturated carbocycles. The number of nitrogens with one attached hydrogen (secondary N) is 2. The van der Waals surface area contributed by atoms with Crippen molar-refractivity contribution < 1.29 is 9.66 Å². The molecule has 2 aromatic rings. The Morgan fingerprint density at radius 3 is 2.36 bits per heavy atom. The van der Waals surface area contributed by atoms with Crippen LogP contribution >= 0.6 is 0 Å². The van der Waals surface area contributed by atoms with Gasteiger partial charge in [-0.1, -0.05) is 18.2 Å². The molecule has 6 heteroatoms. The van der Waals surface area contributed by atoms with Crippen LogP contribution in [0.5, 0.6) is 5.75 Å². The summed E-state index contributed by atoms with van der Waals surface area (Å²) in [5.41, 5.74) is 1.88. The van der Waals surface area contributed by atoms with Gasteiger partial charge in [-0.3, -0.25) is 10.1 Å². The van der Waals surface area contributed by atoms with Crippen molar-refractivity contribution in [2.75, 3.05) is 30.8 Å².